The minimum absolute atomic E-state index is 0.391. The summed E-state index contributed by atoms with van der Waals surface area (Å²) in [6.45, 7) is 4.40. The van der Waals surface area contributed by atoms with Crippen molar-refractivity contribution in [3.05, 3.63) is 16.7 Å². The van der Waals surface area contributed by atoms with E-state index in [1.54, 1.807) is 20.8 Å². The summed E-state index contributed by atoms with van der Waals surface area (Å²) in [5.74, 6) is -1.60. The Bertz CT molecular complexity index is 546. The number of nitrogens with one attached hydrogen (secondary N) is 1. The number of ether oxygens (including phenoxy) is 1. The Balaban J connectivity index is 2.88. The highest BCUT2D eigenvalue weighted by molar-refractivity contribution is 5.83. The molecule has 104 valence electrons. The molecule has 1 amide bonds. The third-order valence-electron chi connectivity index (χ3n) is 1.74. The lowest BCUT2D eigenvalue weighted by Crippen LogP contribution is -2.33. The van der Waals surface area contributed by atoms with Crippen molar-refractivity contribution in [1.29, 1.82) is 0 Å². The zero-order chi connectivity index (χ0) is 14.6. The third-order valence-corrected chi connectivity index (χ3v) is 1.74. The smallest absolute Gasteiger partial charge is 0.413 e. The first-order chi connectivity index (χ1) is 8.69. The minimum atomic E-state index is -1.21. The molecule has 1 aromatic heterocycles. The second-order valence-electron chi connectivity index (χ2n) is 4.63. The van der Waals surface area contributed by atoms with E-state index in [0.29, 0.717) is 0 Å². The van der Waals surface area contributed by atoms with E-state index in [4.69, 9.17) is 9.84 Å². The van der Waals surface area contributed by atoms with Crippen LogP contribution in [-0.2, 0) is 16.1 Å². The monoisotopic (exact) mass is 270 g/mol. The van der Waals surface area contributed by atoms with Crippen molar-refractivity contribution in [3.8, 4) is 0 Å². The molecule has 1 rings (SSSR count). The van der Waals surface area contributed by atoms with E-state index in [9.17, 15) is 14.4 Å². The van der Waals surface area contributed by atoms with Crippen LogP contribution in [0.5, 0.6) is 0 Å². The summed E-state index contributed by atoms with van der Waals surface area (Å²) < 4.78 is 5.74. The normalized spacial score (nSPS) is 10.9. The Morgan fingerprint density at radius 1 is 1.47 bits per heavy atom. The molecule has 0 bridgehead atoms. The maximum atomic E-state index is 11.7. The van der Waals surface area contributed by atoms with Crippen molar-refractivity contribution < 1.29 is 19.4 Å². The lowest BCUT2D eigenvalue weighted by atomic mass is 10.2. The maximum Gasteiger partial charge on any atom is 0.413 e. The van der Waals surface area contributed by atoms with E-state index in [1.807, 2.05) is 0 Å². The number of carboxylic acid groups (broad SMARTS) is 1. The molecule has 19 heavy (non-hydrogen) atoms. The molecule has 0 spiro atoms. The molecule has 0 saturated heterocycles. The Morgan fingerprint density at radius 2 is 2.11 bits per heavy atom. The predicted octanol–water partition coefficient (Wildman–Crippen LogP) is 0.0699. The van der Waals surface area contributed by atoms with Gasteiger partial charge in [0, 0.05) is 0 Å². The van der Waals surface area contributed by atoms with Crippen molar-refractivity contribution >= 4 is 17.9 Å². The van der Waals surface area contributed by atoms with Gasteiger partial charge in [-0.05, 0) is 20.8 Å². The van der Waals surface area contributed by atoms with Gasteiger partial charge in [-0.3, -0.25) is 19.5 Å². The van der Waals surface area contributed by atoms with Gasteiger partial charge in [-0.15, -0.1) is 10.2 Å². The molecule has 1 heterocycles. The first kappa shape index (κ1) is 14.6. The topological polar surface area (TPSA) is 123 Å². The van der Waals surface area contributed by atoms with Crippen LogP contribution in [0.15, 0.2) is 11.1 Å². The standard InChI is InChI=1S/C10H14N4O5/c1-10(2,3)19-9(18)12-7-8(17)14(4-6(15)16)5-11-13-7/h5H,4H2,1-3H3,(H,15,16)(H,12,13,18). The van der Waals surface area contributed by atoms with Crippen molar-refractivity contribution in [2.24, 2.45) is 0 Å². The molecule has 2 N–H and O–H groups in total. The van der Waals surface area contributed by atoms with Gasteiger partial charge in [0.25, 0.3) is 5.56 Å². The molecule has 0 aliphatic heterocycles. The molecule has 0 aromatic carbocycles. The van der Waals surface area contributed by atoms with Crippen LogP contribution in [-0.4, -0.2) is 37.5 Å². The van der Waals surface area contributed by atoms with Crippen molar-refractivity contribution in [3.63, 3.8) is 0 Å². The molecule has 0 aliphatic rings. The van der Waals surface area contributed by atoms with Crippen LogP contribution in [0.2, 0.25) is 0 Å². The molecule has 0 saturated carbocycles. The third kappa shape index (κ3) is 4.74. The van der Waals surface area contributed by atoms with Crippen molar-refractivity contribution in [2.75, 3.05) is 5.32 Å². The number of carbonyl (C=O) groups excluding carboxylic acids is 1. The van der Waals surface area contributed by atoms with E-state index in [-0.39, 0.29) is 0 Å². The van der Waals surface area contributed by atoms with E-state index in [0.717, 1.165) is 10.9 Å². The van der Waals surface area contributed by atoms with Crippen LogP contribution in [0.1, 0.15) is 20.8 Å². The number of aliphatic carboxylic acids is 1. The summed E-state index contributed by atoms with van der Waals surface area (Å²) in [5.41, 5.74) is -1.50. The van der Waals surface area contributed by atoms with E-state index in [2.05, 4.69) is 15.5 Å². The predicted molar refractivity (Wildman–Crippen MR) is 63.8 cm³/mol. The van der Waals surface area contributed by atoms with Crippen LogP contribution in [0.4, 0.5) is 10.6 Å². The van der Waals surface area contributed by atoms with Gasteiger partial charge in [-0.1, -0.05) is 0 Å². The number of rotatable bonds is 3. The molecule has 0 radical (unpaired) electrons. The highest BCUT2D eigenvalue weighted by Gasteiger charge is 2.18. The van der Waals surface area contributed by atoms with Gasteiger partial charge in [0.2, 0.25) is 5.82 Å². The Kier molecular flexibility index (Phi) is 4.20. The van der Waals surface area contributed by atoms with Crippen molar-refractivity contribution in [2.45, 2.75) is 32.9 Å². The number of amides is 1. The fourth-order valence-electron chi connectivity index (χ4n) is 1.11. The zero-order valence-electron chi connectivity index (χ0n) is 10.7. The number of anilines is 1. The quantitative estimate of drug-likeness (QED) is 0.796. The number of carbonyl (C=O) groups is 2. The highest BCUT2D eigenvalue weighted by atomic mass is 16.6. The lowest BCUT2D eigenvalue weighted by Gasteiger charge is -2.19. The average molecular weight is 270 g/mol. The molecule has 9 nitrogen and oxygen atoms in total. The maximum absolute atomic E-state index is 11.7. The zero-order valence-corrected chi connectivity index (χ0v) is 10.7. The second-order valence-corrected chi connectivity index (χ2v) is 4.63. The summed E-state index contributed by atoms with van der Waals surface area (Å²) in [7, 11) is 0. The van der Waals surface area contributed by atoms with Gasteiger partial charge in [0.05, 0.1) is 0 Å². The molecular formula is C10H14N4O5. The highest BCUT2D eigenvalue weighted by Crippen LogP contribution is 2.07. The number of hydrogen-bond acceptors (Lipinski definition) is 6. The summed E-state index contributed by atoms with van der Waals surface area (Å²) in [4.78, 5) is 33.7. The fourth-order valence-corrected chi connectivity index (χ4v) is 1.11. The first-order valence-corrected chi connectivity index (χ1v) is 5.33. The molecule has 0 aliphatic carbocycles. The Morgan fingerprint density at radius 3 is 2.63 bits per heavy atom. The molecule has 0 fully saturated rings. The fraction of sp³-hybridized carbons (Fsp3) is 0.500. The van der Waals surface area contributed by atoms with Gasteiger partial charge in [-0.25, -0.2) is 4.79 Å². The summed E-state index contributed by atoms with van der Waals surface area (Å²) in [6, 6.07) is 0. The largest absolute Gasteiger partial charge is 0.480 e. The number of carboxylic acids is 1. The summed E-state index contributed by atoms with van der Waals surface area (Å²) in [6.07, 6.45) is 0.100. The number of aromatic nitrogens is 3. The van der Waals surface area contributed by atoms with E-state index in [1.165, 1.54) is 0 Å². The minimum Gasteiger partial charge on any atom is -0.480 e. The average Bonchev–Trinajstić information content (AvgIpc) is 2.20. The van der Waals surface area contributed by atoms with Crippen LogP contribution in [0.3, 0.4) is 0 Å². The van der Waals surface area contributed by atoms with E-state index >= 15 is 0 Å². The van der Waals surface area contributed by atoms with Gasteiger partial charge < -0.3 is 9.84 Å². The lowest BCUT2D eigenvalue weighted by molar-refractivity contribution is -0.137. The van der Waals surface area contributed by atoms with E-state index < -0.39 is 35.6 Å². The Labute approximate surface area is 108 Å². The molecular weight excluding hydrogens is 256 g/mol. The van der Waals surface area contributed by atoms with Gasteiger partial charge in [0.15, 0.2) is 0 Å². The molecule has 0 atom stereocenters. The second kappa shape index (κ2) is 5.46. The molecule has 0 unspecified atom stereocenters. The van der Waals surface area contributed by atoms with Gasteiger partial charge >= 0.3 is 12.1 Å². The van der Waals surface area contributed by atoms with Crippen molar-refractivity contribution in [1.82, 2.24) is 14.8 Å². The first-order valence-electron chi connectivity index (χ1n) is 5.33. The number of nitrogens with zero attached hydrogens (tertiary/aromatic N) is 3. The van der Waals surface area contributed by atoms with Crippen LogP contribution >= 0.6 is 0 Å². The molecule has 1 aromatic rings. The van der Waals surface area contributed by atoms with Gasteiger partial charge in [-0.2, -0.15) is 0 Å². The number of hydrogen-bond donors (Lipinski definition) is 2. The SMILES string of the molecule is CC(C)(C)OC(=O)Nc1nncn(CC(=O)O)c1=O. The van der Waals surface area contributed by atoms with Crippen LogP contribution < -0.4 is 10.9 Å². The molecule has 9 heteroatoms. The Hall–Kier alpha value is -2.45. The van der Waals surface area contributed by atoms with Crippen LogP contribution in [0.25, 0.3) is 0 Å². The van der Waals surface area contributed by atoms with Gasteiger partial charge in [0.1, 0.15) is 18.5 Å². The summed E-state index contributed by atoms with van der Waals surface area (Å²) in [5, 5.41) is 17.6. The van der Waals surface area contributed by atoms with Crippen LogP contribution in [0, 0.1) is 0 Å². The summed E-state index contributed by atoms with van der Waals surface area (Å²) >= 11 is 0.